The third kappa shape index (κ3) is 4.77. The molecule has 0 bridgehead atoms. The van der Waals surface area contributed by atoms with Crippen molar-refractivity contribution in [1.29, 1.82) is 0 Å². The van der Waals surface area contributed by atoms with Crippen LogP contribution in [0.25, 0.3) is 16.8 Å². The highest BCUT2D eigenvalue weighted by atomic mass is 32.2. The molecule has 3 heterocycles. The van der Waals surface area contributed by atoms with E-state index in [1.54, 1.807) is 6.20 Å². The highest BCUT2D eigenvalue weighted by Crippen LogP contribution is 2.28. The van der Waals surface area contributed by atoms with Crippen LogP contribution in [0, 0.1) is 6.92 Å². The molecule has 1 saturated heterocycles. The van der Waals surface area contributed by atoms with E-state index in [1.165, 1.54) is 0 Å². The molecule has 5 rings (SSSR count). The number of benzene rings is 1. The first-order valence-electron chi connectivity index (χ1n) is 11.6. The van der Waals surface area contributed by atoms with Crippen molar-refractivity contribution in [3.05, 3.63) is 65.7 Å². The lowest BCUT2D eigenvalue weighted by atomic mass is 10.0. The fraction of sp³-hybridized carbons (Fsp3) is 0.400. The number of rotatable bonds is 6. The maximum Gasteiger partial charge on any atom is 0.251 e. The van der Waals surface area contributed by atoms with Crippen LogP contribution in [0.2, 0.25) is 0 Å². The summed E-state index contributed by atoms with van der Waals surface area (Å²) in [4.78, 5) is 16.9. The highest BCUT2D eigenvalue weighted by Gasteiger charge is 2.25. The van der Waals surface area contributed by atoms with E-state index in [0.29, 0.717) is 11.6 Å². The molecule has 2 unspecified atom stereocenters. The van der Waals surface area contributed by atoms with E-state index in [-0.39, 0.29) is 11.9 Å². The van der Waals surface area contributed by atoms with Gasteiger partial charge in [-0.1, -0.05) is 6.07 Å². The fourth-order valence-corrected chi connectivity index (χ4v) is 5.71. The predicted molar refractivity (Wildman–Crippen MR) is 129 cm³/mol. The summed E-state index contributed by atoms with van der Waals surface area (Å²) in [5.41, 5.74) is 5.58. The molecule has 3 aromatic rings. The van der Waals surface area contributed by atoms with Crippen molar-refractivity contribution in [3.63, 3.8) is 0 Å². The van der Waals surface area contributed by atoms with Crippen LogP contribution in [0.1, 0.15) is 60.1 Å². The summed E-state index contributed by atoms with van der Waals surface area (Å²) < 4.78 is 16.3. The molecule has 1 aliphatic heterocycles. The Hall–Kier alpha value is -2.84. The van der Waals surface area contributed by atoms with Crippen molar-refractivity contribution in [1.82, 2.24) is 24.4 Å². The molecule has 33 heavy (non-hydrogen) atoms. The normalized spacial score (nSPS) is 19.9. The second kappa shape index (κ2) is 9.19. The summed E-state index contributed by atoms with van der Waals surface area (Å²) >= 11 is 0. The second-order valence-corrected chi connectivity index (χ2v) is 10.5. The summed E-state index contributed by atoms with van der Waals surface area (Å²) in [5.74, 6) is 0.712. The van der Waals surface area contributed by atoms with Crippen LogP contribution < -0.4 is 5.32 Å². The van der Waals surface area contributed by atoms with Crippen molar-refractivity contribution in [2.24, 2.45) is 0 Å². The van der Waals surface area contributed by atoms with Gasteiger partial charge in [-0.25, -0.2) is 13.2 Å². The minimum atomic E-state index is -0.939. The van der Waals surface area contributed by atoms with Crippen molar-refractivity contribution in [2.45, 2.75) is 51.6 Å². The maximum atomic E-state index is 12.5. The SMILES string of the molecule is Cc1ccc(C(=O)NC2CC2)cc1-c1cnn(-c2cncc(C(C)N3CCCCS3=O)c2)c1. The van der Waals surface area contributed by atoms with Gasteiger partial charge in [0.2, 0.25) is 0 Å². The van der Waals surface area contributed by atoms with Gasteiger partial charge in [0.15, 0.2) is 0 Å². The number of carbonyl (C=O) groups is 1. The Morgan fingerprint density at radius 3 is 2.82 bits per heavy atom. The molecule has 2 aliphatic rings. The van der Waals surface area contributed by atoms with E-state index >= 15 is 0 Å². The van der Waals surface area contributed by atoms with Crippen LogP contribution in [-0.4, -0.2) is 47.5 Å². The highest BCUT2D eigenvalue weighted by molar-refractivity contribution is 7.82. The van der Waals surface area contributed by atoms with Crippen LogP contribution >= 0.6 is 0 Å². The van der Waals surface area contributed by atoms with Gasteiger partial charge in [-0.2, -0.15) is 5.10 Å². The Labute approximate surface area is 196 Å². The summed E-state index contributed by atoms with van der Waals surface area (Å²) in [7, 11) is -0.939. The molecule has 172 valence electrons. The molecule has 1 N–H and O–H groups in total. The third-order valence-electron chi connectivity index (χ3n) is 6.44. The summed E-state index contributed by atoms with van der Waals surface area (Å²) in [6.07, 6.45) is 11.6. The third-order valence-corrected chi connectivity index (χ3v) is 8.10. The Kier molecular flexibility index (Phi) is 6.12. The van der Waals surface area contributed by atoms with Crippen LogP contribution in [0.3, 0.4) is 0 Å². The molecule has 2 fully saturated rings. The zero-order valence-electron chi connectivity index (χ0n) is 19.0. The van der Waals surface area contributed by atoms with Gasteiger partial charge >= 0.3 is 0 Å². The van der Waals surface area contributed by atoms with E-state index in [2.05, 4.69) is 32.7 Å². The van der Waals surface area contributed by atoms with Crippen molar-refractivity contribution in [3.8, 4) is 16.8 Å². The molecule has 2 aromatic heterocycles. The number of amides is 1. The number of aromatic nitrogens is 3. The minimum absolute atomic E-state index is 0.0212. The molecular weight excluding hydrogens is 434 g/mol. The largest absolute Gasteiger partial charge is 0.349 e. The lowest BCUT2D eigenvalue weighted by Gasteiger charge is -2.31. The van der Waals surface area contributed by atoms with Crippen LogP contribution in [0.4, 0.5) is 0 Å². The van der Waals surface area contributed by atoms with E-state index in [1.807, 2.05) is 48.4 Å². The van der Waals surface area contributed by atoms with Gasteiger partial charge in [0.1, 0.15) is 0 Å². The number of nitrogens with one attached hydrogen (secondary N) is 1. The van der Waals surface area contributed by atoms with Crippen LogP contribution in [-0.2, 0) is 11.0 Å². The average molecular weight is 464 g/mol. The molecule has 1 aromatic carbocycles. The van der Waals surface area contributed by atoms with E-state index in [0.717, 1.165) is 65.9 Å². The van der Waals surface area contributed by atoms with Gasteiger partial charge in [0.05, 0.1) is 29.1 Å². The van der Waals surface area contributed by atoms with Gasteiger partial charge < -0.3 is 5.32 Å². The van der Waals surface area contributed by atoms with Crippen molar-refractivity contribution >= 4 is 16.9 Å². The van der Waals surface area contributed by atoms with Gasteiger partial charge in [-0.15, -0.1) is 0 Å². The topological polar surface area (TPSA) is 80.1 Å². The Balaban J connectivity index is 1.39. The number of nitrogens with zero attached hydrogens (tertiary/aromatic N) is 4. The number of hydrogen-bond acceptors (Lipinski definition) is 4. The maximum absolute atomic E-state index is 12.5. The molecule has 1 saturated carbocycles. The standard InChI is InChI=1S/C25H29N5O2S/c1-17-5-6-19(25(31)28-22-7-8-22)12-24(17)21-14-27-29(16-21)23-11-20(13-26-15-23)18(2)30-9-3-4-10-33(30)32/h5-6,11-16,18,22H,3-4,7-10H2,1-2H3,(H,28,31). The minimum Gasteiger partial charge on any atom is -0.349 e. The number of aryl methyl sites for hydroxylation is 1. The zero-order chi connectivity index (χ0) is 22.9. The quantitative estimate of drug-likeness (QED) is 0.600. The molecule has 1 aliphatic carbocycles. The van der Waals surface area contributed by atoms with Crippen LogP contribution in [0.5, 0.6) is 0 Å². The van der Waals surface area contributed by atoms with Crippen molar-refractivity contribution < 1.29 is 9.00 Å². The summed E-state index contributed by atoms with van der Waals surface area (Å²) in [6, 6.07) is 8.22. The first-order chi connectivity index (χ1) is 16.0. The first kappa shape index (κ1) is 22.0. The average Bonchev–Trinajstić information content (AvgIpc) is 3.51. The molecule has 0 spiro atoms. The lowest BCUT2D eigenvalue weighted by Crippen LogP contribution is -2.35. The Morgan fingerprint density at radius 1 is 1.18 bits per heavy atom. The Bertz CT molecular complexity index is 1200. The smallest absolute Gasteiger partial charge is 0.251 e. The second-order valence-electron chi connectivity index (χ2n) is 8.98. The molecular formula is C25H29N5O2S. The predicted octanol–water partition coefficient (Wildman–Crippen LogP) is 3.96. The van der Waals surface area contributed by atoms with E-state index < -0.39 is 11.0 Å². The Morgan fingerprint density at radius 2 is 2.03 bits per heavy atom. The van der Waals surface area contributed by atoms with Gasteiger partial charge in [0, 0.05) is 47.9 Å². The van der Waals surface area contributed by atoms with Gasteiger partial charge in [-0.05, 0) is 74.4 Å². The lowest BCUT2D eigenvalue weighted by molar-refractivity contribution is 0.0951. The fourth-order valence-electron chi connectivity index (χ4n) is 4.22. The summed E-state index contributed by atoms with van der Waals surface area (Å²) in [6.45, 7) is 4.96. The van der Waals surface area contributed by atoms with Gasteiger partial charge in [0.25, 0.3) is 5.91 Å². The van der Waals surface area contributed by atoms with Crippen molar-refractivity contribution in [2.75, 3.05) is 12.3 Å². The molecule has 0 radical (unpaired) electrons. The molecule has 8 heteroatoms. The number of carbonyl (C=O) groups excluding carboxylic acids is 1. The van der Waals surface area contributed by atoms with Gasteiger partial charge in [-0.3, -0.25) is 9.78 Å². The van der Waals surface area contributed by atoms with Crippen LogP contribution in [0.15, 0.2) is 49.1 Å². The molecule has 7 nitrogen and oxygen atoms in total. The number of pyridine rings is 1. The summed E-state index contributed by atoms with van der Waals surface area (Å²) in [5, 5.41) is 7.62. The molecule has 1 amide bonds. The monoisotopic (exact) mass is 463 g/mol. The zero-order valence-corrected chi connectivity index (χ0v) is 19.8. The van der Waals surface area contributed by atoms with E-state index in [9.17, 15) is 9.00 Å². The van der Waals surface area contributed by atoms with E-state index in [4.69, 9.17) is 0 Å². The number of hydrogen-bond donors (Lipinski definition) is 1. The molecule has 2 atom stereocenters. The first-order valence-corrected chi connectivity index (χ1v) is 12.8.